The van der Waals surface area contributed by atoms with Crippen molar-refractivity contribution in [3.63, 3.8) is 0 Å². The Labute approximate surface area is 237 Å². The number of benzene rings is 3. The number of aromatic carboxylic acids is 1. The van der Waals surface area contributed by atoms with E-state index in [-0.39, 0.29) is 29.3 Å². The zero-order valence-corrected chi connectivity index (χ0v) is 23.0. The predicted molar refractivity (Wildman–Crippen MR) is 152 cm³/mol. The number of rotatable bonds is 11. The van der Waals surface area contributed by atoms with Crippen LogP contribution in [0.15, 0.2) is 60.7 Å². The number of anilines is 2. The summed E-state index contributed by atoms with van der Waals surface area (Å²) in [4.78, 5) is 37.5. The number of methoxy groups -OCH3 is 2. The molecular weight excluding hydrogens is 530 g/mol. The van der Waals surface area contributed by atoms with E-state index in [2.05, 4.69) is 16.0 Å². The minimum atomic E-state index is -1.12. The Morgan fingerprint density at radius 2 is 1.68 bits per heavy atom. The molecule has 1 saturated heterocycles. The lowest BCUT2D eigenvalue weighted by Gasteiger charge is -2.25. The maximum atomic E-state index is 13.6. The molecule has 11 nitrogen and oxygen atoms in total. The van der Waals surface area contributed by atoms with Gasteiger partial charge < -0.3 is 40.4 Å². The van der Waals surface area contributed by atoms with Crippen LogP contribution in [-0.4, -0.2) is 67.0 Å². The highest BCUT2D eigenvalue weighted by Crippen LogP contribution is 2.32. The molecule has 0 saturated carbocycles. The lowest BCUT2D eigenvalue weighted by atomic mass is 9.98. The molecule has 1 aliphatic heterocycles. The zero-order valence-electron chi connectivity index (χ0n) is 23.0. The van der Waals surface area contributed by atoms with Crippen molar-refractivity contribution in [1.82, 2.24) is 5.32 Å². The van der Waals surface area contributed by atoms with Crippen LogP contribution < -0.4 is 30.2 Å². The van der Waals surface area contributed by atoms with Crippen LogP contribution in [0.25, 0.3) is 0 Å². The van der Waals surface area contributed by atoms with Gasteiger partial charge in [-0.05, 0) is 60.9 Å². The molecule has 3 aromatic rings. The number of β-amino-alcohol motifs (C(OH)–C–C–N with tert-alkyl or cyclic N) is 1. The molecule has 0 aliphatic carbocycles. The molecule has 3 aromatic carbocycles. The second kappa shape index (κ2) is 13.2. The Kier molecular flexibility index (Phi) is 9.43. The van der Waals surface area contributed by atoms with Gasteiger partial charge in [0, 0.05) is 18.7 Å². The molecule has 1 heterocycles. The second-order valence-corrected chi connectivity index (χ2v) is 9.69. The topological polar surface area (TPSA) is 155 Å². The summed E-state index contributed by atoms with van der Waals surface area (Å²) in [6.07, 6.45) is -1.36. The van der Waals surface area contributed by atoms with Crippen LogP contribution >= 0.6 is 0 Å². The van der Waals surface area contributed by atoms with E-state index in [1.54, 1.807) is 24.3 Å². The fraction of sp³-hybridized carbons (Fsp3) is 0.300. The van der Waals surface area contributed by atoms with Crippen LogP contribution in [0, 0.1) is 6.92 Å². The summed E-state index contributed by atoms with van der Waals surface area (Å²) >= 11 is 0. The van der Waals surface area contributed by atoms with E-state index in [0.717, 1.165) is 5.56 Å². The third-order valence-electron chi connectivity index (χ3n) is 6.77. The summed E-state index contributed by atoms with van der Waals surface area (Å²) in [7, 11) is 2.85. The number of hydrogen-bond donors (Lipinski definition) is 5. The van der Waals surface area contributed by atoms with Gasteiger partial charge in [-0.15, -0.1) is 0 Å². The number of ketones is 1. The fourth-order valence-corrected chi connectivity index (χ4v) is 4.62. The van der Waals surface area contributed by atoms with Crippen molar-refractivity contribution in [2.75, 3.05) is 31.4 Å². The van der Waals surface area contributed by atoms with Gasteiger partial charge in [0.1, 0.15) is 5.75 Å². The lowest BCUT2D eigenvalue weighted by Crippen LogP contribution is -2.45. The molecule has 41 heavy (non-hydrogen) atoms. The highest BCUT2D eigenvalue weighted by Gasteiger charge is 2.36. The van der Waals surface area contributed by atoms with Crippen LogP contribution in [0.5, 0.6) is 17.2 Å². The number of ether oxygens (including phenoxy) is 3. The summed E-state index contributed by atoms with van der Waals surface area (Å²) in [5, 5.41) is 28.1. The molecule has 5 N–H and O–H groups in total. The Morgan fingerprint density at radius 1 is 0.951 bits per heavy atom. The standard InChI is InChI=1S/C30H33N3O8/c1-17-6-4-5-7-21(17)32-30(38)33-22-10-8-18(13-26(22)39-2)12-24(35)28(23-15-20(34)16-31-23)41-25-11-9-19(29(36)37)14-27(25)40-3/h4-11,13-14,20,23,28,31,34H,12,15-16H2,1-3H3,(H,36,37)(H2,32,33,38). The lowest BCUT2D eigenvalue weighted by molar-refractivity contribution is -0.126. The molecule has 0 radical (unpaired) electrons. The van der Waals surface area contributed by atoms with Gasteiger partial charge >= 0.3 is 12.0 Å². The number of carbonyl (C=O) groups is 3. The monoisotopic (exact) mass is 563 g/mol. The number of carboxylic acids is 1. The summed E-state index contributed by atoms with van der Waals surface area (Å²) < 4.78 is 16.9. The van der Waals surface area contributed by atoms with Gasteiger partial charge in [-0.2, -0.15) is 0 Å². The van der Waals surface area contributed by atoms with Crippen LogP contribution in [-0.2, 0) is 11.2 Å². The van der Waals surface area contributed by atoms with Gasteiger partial charge in [-0.25, -0.2) is 9.59 Å². The number of nitrogens with one attached hydrogen (secondary N) is 3. The summed E-state index contributed by atoms with van der Waals surface area (Å²) in [5.74, 6) is -0.658. The quantitative estimate of drug-likeness (QED) is 0.235. The van der Waals surface area contributed by atoms with E-state index in [1.165, 1.54) is 32.4 Å². The number of aliphatic hydroxyl groups is 1. The van der Waals surface area contributed by atoms with Gasteiger partial charge in [0.2, 0.25) is 0 Å². The van der Waals surface area contributed by atoms with Crippen molar-refractivity contribution < 1.29 is 38.8 Å². The third-order valence-corrected chi connectivity index (χ3v) is 6.77. The van der Waals surface area contributed by atoms with Gasteiger partial charge in [0.05, 0.1) is 37.6 Å². The van der Waals surface area contributed by atoms with Gasteiger partial charge in [-0.1, -0.05) is 24.3 Å². The molecule has 216 valence electrons. The smallest absolute Gasteiger partial charge is 0.335 e. The number of carboxylic acid groups (broad SMARTS) is 1. The second-order valence-electron chi connectivity index (χ2n) is 9.69. The van der Waals surface area contributed by atoms with E-state index in [0.29, 0.717) is 35.7 Å². The first-order valence-electron chi connectivity index (χ1n) is 13.0. The molecule has 4 rings (SSSR count). The average Bonchev–Trinajstić information content (AvgIpc) is 3.39. The number of carbonyl (C=O) groups excluding carboxylic acids is 2. The molecule has 0 spiro atoms. The predicted octanol–water partition coefficient (Wildman–Crippen LogP) is 3.64. The number of para-hydroxylation sites is 1. The van der Waals surface area contributed by atoms with E-state index in [9.17, 15) is 24.6 Å². The minimum Gasteiger partial charge on any atom is -0.495 e. The first-order chi connectivity index (χ1) is 19.7. The molecular formula is C30H33N3O8. The maximum Gasteiger partial charge on any atom is 0.335 e. The average molecular weight is 564 g/mol. The Hall–Kier alpha value is -4.61. The summed E-state index contributed by atoms with van der Waals surface area (Å²) in [6, 6.07) is 15.6. The van der Waals surface area contributed by atoms with Crippen LogP contribution in [0.4, 0.5) is 16.2 Å². The van der Waals surface area contributed by atoms with Crippen molar-refractivity contribution in [2.24, 2.45) is 0 Å². The van der Waals surface area contributed by atoms with Crippen LogP contribution in [0.3, 0.4) is 0 Å². The number of amides is 2. The molecule has 1 aliphatic rings. The number of urea groups is 1. The van der Waals surface area contributed by atoms with E-state index in [1.807, 2.05) is 25.1 Å². The molecule has 0 aromatic heterocycles. The molecule has 2 amide bonds. The number of aliphatic hydroxyl groups excluding tert-OH is 1. The molecule has 1 fully saturated rings. The van der Waals surface area contributed by atoms with Crippen molar-refractivity contribution >= 4 is 29.2 Å². The van der Waals surface area contributed by atoms with Crippen molar-refractivity contribution in [3.8, 4) is 17.2 Å². The third kappa shape index (κ3) is 7.33. The van der Waals surface area contributed by atoms with Gasteiger partial charge in [0.15, 0.2) is 23.4 Å². The number of Topliss-reactive ketones (excluding diaryl/α,β-unsaturated/α-hetero) is 1. The molecule has 3 unspecified atom stereocenters. The first kappa shape index (κ1) is 29.4. The van der Waals surface area contributed by atoms with Crippen LogP contribution in [0.2, 0.25) is 0 Å². The molecule has 11 heteroatoms. The zero-order chi connectivity index (χ0) is 29.5. The Bertz CT molecular complexity index is 1430. The maximum absolute atomic E-state index is 13.6. The number of aryl methyl sites for hydroxylation is 1. The van der Waals surface area contributed by atoms with Crippen molar-refractivity contribution in [1.29, 1.82) is 0 Å². The van der Waals surface area contributed by atoms with E-state index < -0.39 is 30.3 Å². The molecule has 0 bridgehead atoms. The van der Waals surface area contributed by atoms with Gasteiger partial charge in [-0.3, -0.25) is 4.79 Å². The van der Waals surface area contributed by atoms with E-state index >= 15 is 0 Å². The van der Waals surface area contributed by atoms with Crippen molar-refractivity contribution in [3.05, 3.63) is 77.4 Å². The summed E-state index contributed by atoms with van der Waals surface area (Å²) in [6.45, 7) is 2.20. The highest BCUT2D eigenvalue weighted by atomic mass is 16.5. The van der Waals surface area contributed by atoms with E-state index in [4.69, 9.17) is 14.2 Å². The normalized spacial score (nSPS) is 16.9. The summed E-state index contributed by atoms with van der Waals surface area (Å²) in [5.41, 5.74) is 2.65. The Balaban J connectivity index is 1.51. The largest absolute Gasteiger partial charge is 0.495 e. The molecule has 3 atom stereocenters. The highest BCUT2D eigenvalue weighted by molar-refractivity contribution is 6.01. The SMILES string of the molecule is COc1cc(CC(=O)C(Oc2ccc(C(=O)O)cc2OC)C2CC(O)CN2)ccc1NC(=O)Nc1ccccc1C. The van der Waals surface area contributed by atoms with Crippen molar-refractivity contribution in [2.45, 2.75) is 38.0 Å². The first-order valence-corrected chi connectivity index (χ1v) is 13.0. The number of hydrogen-bond acceptors (Lipinski definition) is 8. The minimum absolute atomic E-state index is 0.0138. The Morgan fingerprint density at radius 3 is 2.34 bits per heavy atom. The van der Waals surface area contributed by atoms with Gasteiger partial charge in [0.25, 0.3) is 0 Å². The fourth-order valence-electron chi connectivity index (χ4n) is 4.62. The van der Waals surface area contributed by atoms with Crippen LogP contribution in [0.1, 0.15) is 27.9 Å².